The van der Waals surface area contributed by atoms with E-state index in [2.05, 4.69) is 0 Å². The second-order valence-electron chi connectivity index (χ2n) is 5.89. The van der Waals surface area contributed by atoms with E-state index in [9.17, 15) is 9.59 Å². The Hall–Kier alpha value is -1.10. The Morgan fingerprint density at radius 1 is 1.47 bits per heavy atom. The van der Waals surface area contributed by atoms with E-state index < -0.39 is 23.3 Å². The summed E-state index contributed by atoms with van der Waals surface area (Å²) in [6.07, 6.45) is -0.250. The topological polar surface area (TPSA) is 55.8 Å². The van der Waals surface area contributed by atoms with E-state index >= 15 is 0 Å². The third-order valence-corrected chi connectivity index (χ3v) is 2.51. The molecule has 0 radical (unpaired) electrons. The molecule has 0 aromatic rings. The van der Waals surface area contributed by atoms with Crippen LogP contribution in [0.3, 0.4) is 0 Å². The van der Waals surface area contributed by atoms with Gasteiger partial charge in [0.2, 0.25) is 0 Å². The summed E-state index contributed by atoms with van der Waals surface area (Å²) in [7, 11) is 0. The molecule has 0 unspecified atom stereocenters. The molecular weight excluding hydrogens is 222 g/mol. The molecule has 1 amide bonds. The Bertz CT molecular complexity index is 306. The molecule has 1 heterocycles. The summed E-state index contributed by atoms with van der Waals surface area (Å²) in [6, 6.07) is 0. The Morgan fingerprint density at radius 3 is 2.53 bits per heavy atom. The van der Waals surface area contributed by atoms with Crippen LogP contribution in [0.25, 0.3) is 0 Å². The summed E-state index contributed by atoms with van der Waals surface area (Å²) in [5, 5.41) is 0. The SMILES string of the molecule is CC(C)(C)OC(=O)N1C[C@@H](C=O)OCC1(C)C. The first-order valence-corrected chi connectivity index (χ1v) is 5.73. The van der Waals surface area contributed by atoms with Gasteiger partial charge in [0.1, 0.15) is 11.7 Å². The van der Waals surface area contributed by atoms with Gasteiger partial charge in [-0.3, -0.25) is 4.90 Å². The van der Waals surface area contributed by atoms with Gasteiger partial charge < -0.3 is 14.3 Å². The number of hydrogen-bond donors (Lipinski definition) is 0. The van der Waals surface area contributed by atoms with Crippen molar-refractivity contribution >= 4 is 12.4 Å². The maximum Gasteiger partial charge on any atom is 0.410 e. The van der Waals surface area contributed by atoms with E-state index in [-0.39, 0.29) is 6.54 Å². The van der Waals surface area contributed by atoms with Crippen molar-refractivity contribution in [2.45, 2.75) is 51.9 Å². The zero-order valence-electron chi connectivity index (χ0n) is 11.1. The van der Waals surface area contributed by atoms with Gasteiger partial charge in [0, 0.05) is 0 Å². The minimum absolute atomic E-state index is 0.241. The van der Waals surface area contributed by atoms with Crippen molar-refractivity contribution in [3.63, 3.8) is 0 Å². The van der Waals surface area contributed by atoms with Crippen molar-refractivity contribution < 1.29 is 19.1 Å². The number of hydrogen-bond acceptors (Lipinski definition) is 4. The highest BCUT2D eigenvalue weighted by Gasteiger charge is 2.40. The van der Waals surface area contributed by atoms with Crippen LogP contribution in [-0.2, 0) is 14.3 Å². The van der Waals surface area contributed by atoms with Gasteiger partial charge in [-0.25, -0.2) is 4.79 Å². The number of rotatable bonds is 1. The lowest BCUT2D eigenvalue weighted by molar-refractivity contribution is -0.133. The van der Waals surface area contributed by atoms with Crippen LogP contribution < -0.4 is 0 Å². The van der Waals surface area contributed by atoms with Crippen LogP contribution in [0, 0.1) is 0 Å². The highest BCUT2D eigenvalue weighted by Crippen LogP contribution is 2.24. The van der Waals surface area contributed by atoms with Crippen LogP contribution in [0.4, 0.5) is 4.79 Å². The van der Waals surface area contributed by atoms with E-state index in [4.69, 9.17) is 9.47 Å². The molecule has 0 saturated carbocycles. The van der Waals surface area contributed by atoms with Gasteiger partial charge in [0.15, 0.2) is 6.29 Å². The Morgan fingerprint density at radius 2 is 2.06 bits per heavy atom. The highest BCUT2D eigenvalue weighted by molar-refractivity contribution is 5.70. The van der Waals surface area contributed by atoms with Crippen LogP contribution in [0.15, 0.2) is 0 Å². The second-order valence-corrected chi connectivity index (χ2v) is 5.89. The Labute approximate surface area is 102 Å². The van der Waals surface area contributed by atoms with Crippen LogP contribution in [0.5, 0.6) is 0 Å². The number of amides is 1. The molecule has 0 aromatic heterocycles. The quantitative estimate of drug-likeness (QED) is 0.656. The first-order valence-electron chi connectivity index (χ1n) is 5.73. The van der Waals surface area contributed by atoms with Crippen LogP contribution in [0.1, 0.15) is 34.6 Å². The summed E-state index contributed by atoms with van der Waals surface area (Å²) >= 11 is 0. The monoisotopic (exact) mass is 243 g/mol. The number of carbonyl (C=O) groups excluding carboxylic acids is 2. The van der Waals surface area contributed by atoms with Gasteiger partial charge in [-0.2, -0.15) is 0 Å². The Balaban J connectivity index is 2.77. The van der Waals surface area contributed by atoms with E-state index in [0.717, 1.165) is 0 Å². The normalized spacial score (nSPS) is 24.3. The molecule has 1 fully saturated rings. The van der Waals surface area contributed by atoms with E-state index in [1.807, 2.05) is 34.6 Å². The average Bonchev–Trinajstić information content (AvgIpc) is 2.14. The van der Waals surface area contributed by atoms with Crippen molar-refractivity contribution in [3.8, 4) is 0 Å². The minimum Gasteiger partial charge on any atom is -0.444 e. The number of aldehydes is 1. The number of ether oxygens (including phenoxy) is 2. The first-order chi connectivity index (χ1) is 7.65. The smallest absolute Gasteiger partial charge is 0.410 e. The van der Waals surface area contributed by atoms with Crippen LogP contribution in [-0.4, -0.2) is 47.7 Å². The lowest BCUT2D eigenvalue weighted by Crippen LogP contribution is -2.59. The van der Waals surface area contributed by atoms with Crippen molar-refractivity contribution in [1.29, 1.82) is 0 Å². The van der Waals surface area contributed by atoms with E-state index in [1.54, 1.807) is 4.90 Å². The third-order valence-electron chi connectivity index (χ3n) is 2.51. The van der Waals surface area contributed by atoms with Gasteiger partial charge in [-0.1, -0.05) is 0 Å². The van der Waals surface area contributed by atoms with Crippen LogP contribution in [0.2, 0.25) is 0 Å². The molecule has 98 valence electrons. The molecule has 5 nitrogen and oxygen atoms in total. The predicted octanol–water partition coefficient (Wildman–Crippen LogP) is 1.60. The molecule has 5 heteroatoms. The molecule has 17 heavy (non-hydrogen) atoms. The molecule has 0 N–H and O–H groups in total. The molecular formula is C12H21NO4. The molecule has 0 aromatic carbocycles. The summed E-state index contributed by atoms with van der Waals surface area (Å²) in [5.41, 5.74) is -0.996. The summed E-state index contributed by atoms with van der Waals surface area (Å²) in [4.78, 5) is 24.3. The molecule has 1 saturated heterocycles. The zero-order chi connectivity index (χ0) is 13.3. The maximum atomic E-state index is 12.0. The van der Waals surface area contributed by atoms with Gasteiger partial charge in [0.25, 0.3) is 0 Å². The summed E-state index contributed by atoms with van der Waals surface area (Å²) in [5.74, 6) is 0. The van der Waals surface area contributed by atoms with Crippen molar-refractivity contribution in [1.82, 2.24) is 4.90 Å². The lowest BCUT2D eigenvalue weighted by atomic mass is 10.0. The fourth-order valence-electron chi connectivity index (χ4n) is 1.59. The van der Waals surface area contributed by atoms with E-state index in [1.165, 1.54) is 0 Å². The summed E-state index contributed by atoms with van der Waals surface area (Å²) < 4.78 is 10.7. The van der Waals surface area contributed by atoms with Gasteiger partial charge in [0.05, 0.1) is 18.7 Å². The number of morpholine rings is 1. The molecule has 0 spiro atoms. The summed E-state index contributed by atoms with van der Waals surface area (Å²) in [6.45, 7) is 9.79. The molecule has 1 atom stereocenters. The van der Waals surface area contributed by atoms with Crippen molar-refractivity contribution in [3.05, 3.63) is 0 Å². The first kappa shape index (κ1) is 14.0. The van der Waals surface area contributed by atoms with Crippen molar-refractivity contribution in [2.75, 3.05) is 13.2 Å². The minimum atomic E-state index is -0.560. The molecule has 0 aliphatic carbocycles. The van der Waals surface area contributed by atoms with Gasteiger partial charge in [-0.15, -0.1) is 0 Å². The second kappa shape index (κ2) is 4.64. The number of carbonyl (C=O) groups is 2. The fourth-order valence-corrected chi connectivity index (χ4v) is 1.59. The molecule has 1 aliphatic rings. The standard InChI is InChI=1S/C12H21NO4/c1-11(2,3)17-10(15)13-6-9(7-14)16-8-12(13,4)5/h7,9H,6,8H2,1-5H3/t9-/m0/s1. The maximum absolute atomic E-state index is 12.0. The van der Waals surface area contributed by atoms with Crippen LogP contribution >= 0.6 is 0 Å². The zero-order valence-corrected chi connectivity index (χ0v) is 11.1. The molecule has 1 rings (SSSR count). The van der Waals surface area contributed by atoms with Crippen molar-refractivity contribution in [2.24, 2.45) is 0 Å². The average molecular weight is 243 g/mol. The van der Waals surface area contributed by atoms with E-state index in [0.29, 0.717) is 12.9 Å². The van der Waals surface area contributed by atoms with Gasteiger partial charge in [-0.05, 0) is 34.6 Å². The largest absolute Gasteiger partial charge is 0.444 e. The predicted molar refractivity (Wildman–Crippen MR) is 62.8 cm³/mol. The fraction of sp³-hybridized carbons (Fsp3) is 0.833. The molecule has 0 bridgehead atoms. The Kier molecular flexibility index (Phi) is 3.81. The highest BCUT2D eigenvalue weighted by atomic mass is 16.6. The third kappa shape index (κ3) is 3.70. The number of nitrogens with zero attached hydrogens (tertiary/aromatic N) is 1. The van der Waals surface area contributed by atoms with Gasteiger partial charge >= 0.3 is 6.09 Å². The molecule has 1 aliphatic heterocycles. The lowest BCUT2D eigenvalue weighted by Gasteiger charge is -2.44.